The zero-order chi connectivity index (χ0) is 13.1. The highest BCUT2D eigenvalue weighted by Crippen LogP contribution is 2.25. The Morgan fingerprint density at radius 1 is 1.16 bits per heavy atom. The number of rotatable bonds is 3. The Morgan fingerprint density at radius 2 is 2.00 bits per heavy atom. The van der Waals surface area contributed by atoms with Crippen LogP contribution in [0.5, 0.6) is 0 Å². The first kappa shape index (κ1) is 12.7. The average molecular weight is 260 g/mol. The minimum atomic E-state index is 0.614. The van der Waals surface area contributed by atoms with Gasteiger partial charge >= 0.3 is 0 Å². The van der Waals surface area contributed by atoms with E-state index in [2.05, 4.69) is 33.2 Å². The molecule has 1 atom stereocenters. The molecule has 104 valence electrons. The highest BCUT2D eigenvalue weighted by molar-refractivity contribution is 5.49. The Kier molecular flexibility index (Phi) is 3.85. The van der Waals surface area contributed by atoms with Gasteiger partial charge in [-0.3, -0.25) is 0 Å². The fourth-order valence-corrected chi connectivity index (χ4v) is 3.28. The molecule has 0 radical (unpaired) electrons. The molecule has 2 fully saturated rings. The lowest BCUT2D eigenvalue weighted by Crippen LogP contribution is -2.34. The molecule has 4 heteroatoms. The molecule has 4 nitrogen and oxygen atoms in total. The van der Waals surface area contributed by atoms with Gasteiger partial charge in [0.25, 0.3) is 0 Å². The molecular formula is C15H24N4. The van der Waals surface area contributed by atoms with Crippen LogP contribution in [0.4, 0.5) is 11.6 Å². The second-order valence-electron chi connectivity index (χ2n) is 6.08. The molecule has 1 aromatic heterocycles. The van der Waals surface area contributed by atoms with E-state index in [1.54, 1.807) is 6.33 Å². The molecule has 1 aliphatic carbocycles. The Hall–Kier alpha value is -1.32. The van der Waals surface area contributed by atoms with Gasteiger partial charge in [0.15, 0.2) is 0 Å². The van der Waals surface area contributed by atoms with Crippen LogP contribution >= 0.6 is 0 Å². The van der Waals surface area contributed by atoms with Crippen LogP contribution in [0.3, 0.4) is 0 Å². The summed E-state index contributed by atoms with van der Waals surface area (Å²) in [6, 6.07) is 2.74. The summed E-state index contributed by atoms with van der Waals surface area (Å²) in [6.45, 7) is 4.58. The van der Waals surface area contributed by atoms with E-state index in [-0.39, 0.29) is 0 Å². The van der Waals surface area contributed by atoms with Gasteiger partial charge in [-0.1, -0.05) is 19.8 Å². The largest absolute Gasteiger partial charge is 0.367 e. The molecule has 1 aromatic rings. The molecule has 1 saturated heterocycles. The highest BCUT2D eigenvalue weighted by atomic mass is 15.2. The molecule has 0 amide bonds. The van der Waals surface area contributed by atoms with Gasteiger partial charge in [-0.2, -0.15) is 0 Å². The Balaban J connectivity index is 1.68. The lowest BCUT2D eigenvalue weighted by molar-refractivity contribution is 0.444. The van der Waals surface area contributed by atoms with Gasteiger partial charge in [0.2, 0.25) is 0 Å². The standard InChI is InChI=1S/C15H24N4/c1-12-5-4-8-19(10-12)15-9-14(16-11-17-15)18-13-6-2-3-7-13/h9,11-13H,2-8,10H2,1H3,(H,16,17,18). The molecular weight excluding hydrogens is 236 g/mol. The van der Waals surface area contributed by atoms with Crippen LogP contribution in [0, 0.1) is 5.92 Å². The highest BCUT2D eigenvalue weighted by Gasteiger charge is 2.19. The van der Waals surface area contributed by atoms with Crippen molar-refractivity contribution in [1.29, 1.82) is 0 Å². The van der Waals surface area contributed by atoms with Crippen LogP contribution in [0.2, 0.25) is 0 Å². The Bertz CT molecular complexity index is 414. The number of piperidine rings is 1. The first-order valence-electron chi connectivity index (χ1n) is 7.65. The number of anilines is 2. The third kappa shape index (κ3) is 3.17. The summed E-state index contributed by atoms with van der Waals surface area (Å²) in [6.07, 6.45) is 9.57. The third-order valence-electron chi connectivity index (χ3n) is 4.34. The fraction of sp³-hybridized carbons (Fsp3) is 0.733. The maximum atomic E-state index is 4.45. The fourth-order valence-electron chi connectivity index (χ4n) is 3.28. The van der Waals surface area contributed by atoms with Crippen molar-refractivity contribution in [2.24, 2.45) is 5.92 Å². The maximum Gasteiger partial charge on any atom is 0.134 e. The average Bonchev–Trinajstić information content (AvgIpc) is 2.92. The van der Waals surface area contributed by atoms with Crippen LogP contribution in [-0.2, 0) is 0 Å². The summed E-state index contributed by atoms with van der Waals surface area (Å²) >= 11 is 0. The summed E-state index contributed by atoms with van der Waals surface area (Å²) in [5.74, 6) is 2.85. The predicted octanol–water partition coefficient (Wildman–Crippen LogP) is 3.07. The third-order valence-corrected chi connectivity index (χ3v) is 4.34. The lowest BCUT2D eigenvalue weighted by Gasteiger charge is -2.31. The van der Waals surface area contributed by atoms with Crippen LogP contribution in [-0.4, -0.2) is 29.1 Å². The lowest BCUT2D eigenvalue weighted by atomic mass is 10.0. The molecule has 1 saturated carbocycles. The molecule has 0 bridgehead atoms. The predicted molar refractivity (Wildman–Crippen MR) is 78.5 cm³/mol. The van der Waals surface area contributed by atoms with Gasteiger partial charge in [0.1, 0.15) is 18.0 Å². The topological polar surface area (TPSA) is 41.0 Å². The smallest absolute Gasteiger partial charge is 0.134 e. The normalized spacial score (nSPS) is 24.7. The number of aromatic nitrogens is 2. The molecule has 0 aromatic carbocycles. The van der Waals surface area contributed by atoms with E-state index in [0.29, 0.717) is 6.04 Å². The van der Waals surface area contributed by atoms with E-state index in [9.17, 15) is 0 Å². The molecule has 2 heterocycles. The summed E-state index contributed by atoms with van der Waals surface area (Å²) in [4.78, 5) is 11.2. The Morgan fingerprint density at radius 3 is 2.79 bits per heavy atom. The second kappa shape index (κ2) is 5.76. The van der Waals surface area contributed by atoms with Crippen molar-refractivity contribution in [2.75, 3.05) is 23.3 Å². The van der Waals surface area contributed by atoms with Crippen molar-refractivity contribution in [1.82, 2.24) is 9.97 Å². The molecule has 3 rings (SSSR count). The number of hydrogen-bond donors (Lipinski definition) is 1. The van der Waals surface area contributed by atoms with Gasteiger partial charge in [0, 0.05) is 25.2 Å². The first-order valence-corrected chi connectivity index (χ1v) is 7.65. The van der Waals surface area contributed by atoms with Crippen LogP contribution in [0.25, 0.3) is 0 Å². The van der Waals surface area contributed by atoms with Gasteiger partial charge in [-0.25, -0.2) is 9.97 Å². The van der Waals surface area contributed by atoms with E-state index >= 15 is 0 Å². The minimum absolute atomic E-state index is 0.614. The zero-order valence-electron chi connectivity index (χ0n) is 11.8. The SMILES string of the molecule is CC1CCCN(c2cc(NC3CCCC3)ncn2)C1. The van der Waals surface area contributed by atoms with Crippen LogP contribution < -0.4 is 10.2 Å². The molecule has 1 N–H and O–H groups in total. The van der Waals surface area contributed by atoms with Gasteiger partial charge in [0.05, 0.1) is 0 Å². The quantitative estimate of drug-likeness (QED) is 0.907. The molecule has 1 aliphatic heterocycles. The van der Waals surface area contributed by atoms with Crippen molar-refractivity contribution >= 4 is 11.6 Å². The van der Waals surface area contributed by atoms with E-state index in [0.717, 1.165) is 30.6 Å². The van der Waals surface area contributed by atoms with Gasteiger partial charge in [-0.15, -0.1) is 0 Å². The van der Waals surface area contributed by atoms with Crippen LogP contribution in [0.1, 0.15) is 45.4 Å². The molecule has 2 aliphatic rings. The summed E-state index contributed by atoms with van der Waals surface area (Å²) in [7, 11) is 0. The number of nitrogens with zero attached hydrogens (tertiary/aromatic N) is 3. The van der Waals surface area contributed by atoms with Crippen molar-refractivity contribution < 1.29 is 0 Å². The van der Waals surface area contributed by atoms with Crippen molar-refractivity contribution in [3.05, 3.63) is 12.4 Å². The number of nitrogens with one attached hydrogen (secondary N) is 1. The van der Waals surface area contributed by atoms with Crippen molar-refractivity contribution in [3.63, 3.8) is 0 Å². The maximum absolute atomic E-state index is 4.45. The Labute approximate surface area is 115 Å². The van der Waals surface area contributed by atoms with Crippen molar-refractivity contribution in [2.45, 2.75) is 51.5 Å². The molecule has 0 spiro atoms. The summed E-state index contributed by atoms with van der Waals surface area (Å²) < 4.78 is 0. The summed E-state index contributed by atoms with van der Waals surface area (Å²) in [5, 5.41) is 3.55. The molecule has 1 unspecified atom stereocenters. The number of hydrogen-bond acceptors (Lipinski definition) is 4. The van der Waals surface area contributed by atoms with Gasteiger partial charge in [-0.05, 0) is 31.6 Å². The molecule has 19 heavy (non-hydrogen) atoms. The summed E-state index contributed by atoms with van der Waals surface area (Å²) in [5.41, 5.74) is 0. The minimum Gasteiger partial charge on any atom is -0.367 e. The van der Waals surface area contributed by atoms with E-state index in [1.807, 2.05) is 0 Å². The van der Waals surface area contributed by atoms with Crippen molar-refractivity contribution in [3.8, 4) is 0 Å². The van der Waals surface area contributed by atoms with E-state index in [4.69, 9.17) is 0 Å². The first-order chi connectivity index (χ1) is 9.31. The zero-order valence-corrected chi connectivity index (χ0v) is 11.8. The van der Waals surface area contributed by atoms with E-state index < -0.39 is 0 Å². The second-order valence-corrected chi connectivity index (χ2v) is 6.08. The van der Waals surface area contributed by atoms with E-state index in [1.165, 1.54) is 38.5 Å². The van der Waals surface area contributed by atoms with Gasteiger partial charge < -0.3 is 10.2 Å². The monoisotopic (exact) mass is 260 g/mol. The van der Waals surface area contributed by atoms with Crippen LogP contribution in [0.15, 0.2) is 12.4 Å².